The van der Waals surface area contributed by atoms with Gasteiger partial charge in [0.15, 0.2) is 0 Å². The number of hydrogen-bond acceptors (Lipinski definition) is 2. The Hall–Kier alpha value is -1.51. The smallest absolute Gasteiger partial charge is 0.414 e. The molecule has 0 saturated carbocycles. The lowest BCUT2D eigenvalue weighted by Gasteiger charge is -2.15. The zero-order chi connectivity index (χ0) is 10.8. The molecule has 0 spiro atoms. The van der Waals surface area contributed by atoms with Crippen molar-refractivity contribution in [2.24, 2.45) is 0 Å². The van der Waals surface area contributed by atoms with Gasteiger partial charge in [-0.3, -0.25) is 4.90 Å². The van der Waals surface area contributed by atoms with Gasteiger partial charge in [0.1, 0.15) is 0 Å². The molecule has 1 amide bonds. The van der Waals surface area contributed by atoms with Crippen molar-refractivity contribution in [1.82, 2.24) is 0 Å². The molecule has 0 radical (unpaired) electrons. The van der Waals surface area contributed by atoms with Gasteiger partial charge in [-0.15, -0.1) is 0 Å². The third-order valence-corrected chi connectivity index (χ3v) is 2.84. The largest absolute Gasteiger partial charge is 0.452 e. The van der Waals surface area contributed by atoms with E-state index in [9.17, 15) is 4.79 Å². The summed E-state index contributed by atoms with van der Waals surface area (Å²) in [5, 5.41) is 0. The number of ether oxygens (including phenoxy) is 1. The van der Waals surface area contributed by atoms with E-state index >= 15 is 0 Å². The van der Waals surface area contributed by atoms with Crippen molar-refractivity contribution in [3.05, 3.63) is 29.3 Å². The van der Waals surface area contributed by atoms with Gasteiger partial charge < -0.3 is 4.74 Å². The van der Waals surface area contributed by atoms with Gasteiger partial charge in [-0.2, -0.15) is 0 Å². The Balaban J connectivity index is 2.32. The van der Waals surface area contributed by atoms with Crippen LogP contribution in [-0.2, 0) is 17.6 Å². The molecule has 15 heavy (non-hydrogen) atoms. The number of benzene rings is 1. The first-order valence-electron chi connectivity index (χ1n) is 5.23. The van der Waals surface area contributed by atoms with Crippen molar-refractivity contribution in [2.45, 2.75) is 19.8 Å². The minimum absolute atomic E-state index is 0.266. The monoisotopic (exact) mass is 205 g/mol. The van der Waals surface area contributed by atoms with E-state index in [1.54, 1.807) is 4.90 Å². The van der Waals surface area contributed by atoms with E-state index in [2.05, 4.69) is 19.1 Å². The van der Waals surface area contributed by atoms with Crippen LogP contribution in [-0.4, -0.2) is 19.7 Å². The van der Waals surface area contributed by atoms with Gasteiger partial charge in [-0.1, -0.05) is 19.1 Å². The average molecular weight is 205 g/mol. The fraction of sp³-hybridized carbons (Fsp3) is 0.417. The first kappa shape index (κ1) is 10.0. The predicted octanol–water partition coefficient (Wildman–Crippen LogP) is 2.38. The minimum Gasteiger partial charge on any atom is -0.452 e. The molecule has 3 heteroatoms. The SMILES string of the molecule is CCc1ccc2c(c1)CCN2C(=O)OC. The Morgan fingerprint density at radius 2 is 2.33 bits per heavy atom. The molecule has 0 atom stereocenters. The fourth-order valence-corrected chi connectivity index (χ4v) is 1.97. The molecule has 0 unspecified atom stereocenters. The van der Waals surface area contributed by atoms with Gasteiger partial charge in [0.2, 0.25) is 0 Å². The van der Waals surface area contributed by atoms with Crippen LogP contribution in [0.3, 0.4) is 0 Å². The van der Waals surface area contributed by atoms with Gasteiger partial charge in [0.25, 0.3) is 0 Å². The molecule has 0 fully saturated rings. The number of hydrogen-bond donors (Lipinski definition) is 0. The molecule has 1 aromatic rings. The quantitative estimate of drug-likeness (QED) is 0.704. The van der Waals surface area contributed by atoms with Crippen molar-refractivity contribution in [3.8, 4) is 0 Å². The fourth-order valence-electron chi connectivity index (χ4n) is 1.97. The maximum Gasteiger partial charge on any atom is 0.414 e. The lowest BCUT2D eigenvalue weighted by atomic mass is 10.1. The predicted molar refractivity (Wildman–Crippen MR) is 59.3 cm³/mol. The Morgan fingerprint density at radius 1 is 1.53 bits per heavy atom. The van der Waals surface area contributed by atoms with Crippen LogP contribution in [0.2, 0.25) is 0 Å². The topological polar surface area (TPSA) is 29.5 Å². The van der Waals surface area contributed by atoms with Crippen molar-refractivity contribution >= 4 is 11.8 Å². The molecule has 3 nitrogen and oxygen atoms in total. The summed E-state index contributed by atoms with van der Waals surface area (Å²) in [4.78, 5) is 13.1. The number of aryl methyl sites for hydroxylation is 1. The maximum absolute atomic E-state index is 11.4. The van der Waals surface area contributed by atoms with Gasteiger partial charge in [-0.05, 0) is 30.0 Å². The van der Waals surface area contributed by atoms with Crippen LogP contribution < -0.4 is 4.90 Å². The maximum atomic E-state index is 11.4. The second-order valence-corrected chi connectivity index (χ2v) is 3.69. The van der Waals surface area contributed by atoms with Crippen LogP contribution in [0.5, 0.6) is 0 Å². The van der Waals surface area contributed by atoms with E-state index in [1.807, 2.05) is 6.07 Å². The van der Waals surface area contributed by atoms with Gasteiger partial charge in [-0.25, -0.2) is 4.79 Å². The number of carbonyl (C=O) groups excluding carboxylic acids is 1. The molecule has 0 aromatic heterocycles. The highest BCUT2D eigenvalue weighted by Crippen LogP contribution is 2.29. The minimum atomic E-state index is -0.266. The third kappa shape index (κ3) is 1.69. The molecule has 1 aliphatic rings. The molecule has 1 heterocycles. The molecule has 0 N–H and O–H groups in total. The van der Waals surface area contributed by atoms with E-state index in [4.69, 9.17) is 4.74 Å². The van der Waals surface area contributed by atoms with Crippen LogP contribution in [0.4, 0.5) is 10.5 Å². The Labute approximate surface area is 89.7 Å². The number of fused-ring (bicyclic) bond motifs is 1. The van der Waals surface area contributed by atoms with Gasteiger partial charge in [0.05, 0.1) is 12.8 Å². The number of nitrogens with zero attached hydrogens (tertiary/aromatic N) is 1. The lowest BCUT2D eigenvalue weighted by molar-refractivity contribution is 0.179. The van der Waals surface area contributed by atoms with E-state index in [0.717, 1.165) is 25.1 Å². The number of amides is 1. The normalized spacial score (nSPS) is 13.9. The van der Waals surface area contributed by atoms with E-state index in [0.29, 0.717) is 0 Å². The van der Waals surface area contributed by atoms with Crippen LogP contribution >= 0.6 is 0 Å². The van der Waals surface area contributed by atoms with E-state index < -0.39 is 0 Å². The lowest BCUT2D eigenvalue weighted by Crippen LogP contribution is -2.28. The highest BCUT2D eigenvalue weighted by Gasteiger charge is 2.24. The number of anilines is 1. The van der Waals surface area contributed by atoms with E-state index in [-0.39, 0.29) is 6.09 Å². The van der Waals surface area contributed by atoms with Crippen molar-refractivity contribution < 1.29 is 9.53 Å². The first-order chi connectivity index (χ1) is 7.26. The van der Waals surface area contributed by atoms with Crippen LogP contribution in [0.15, 0.2) is 18.2 Å². The summed E-state index contributed by atoms with van der Waals surface area (Å²) in [6.45, 7) is 2.87. The van der Waals surface area contributed by atoms with Crippen molar-refractivity contribution in [3.63, 3.8) is 0 Å². The van der Waals surface area contributed by atoms with Gasteiger partial charge >= 0.3 is 6.09 Å². The van der Waals surface area contributed by atoms with Crippen LogP contribution in [0, 0.1) is 0 Å². The Kier molecular flexibility index (Phi) is 2.62. The highest BCUT2D eigenvalue weighted by atomic mass is 16.5. The molecule has 1 aromatic carbocycles. The molecule has 80 valence electrons. The van der Waals surface area contributed by atoms with Crippen molar-refractivity contribution in [1.29, 1.82) is 0 Å². The summed E-state index contributed by atoms with van der Waals surface area (Å²) in [5.41, 5.74) is 3.57. The summed E-state index contributed by atoms with van der Waals surface area (Å²) in [6.07, 6.45) is 1.70. The standard InChI is InChI=1S/C12H15NO2/c1-3-9-4-5-11-10(8-9)6-7-13(11)12(14)15-2/h4-5,8H,3,6-7H2,1-2H3. The van der Waals surface area contributed by atoms with Gasteiger partial charge in [0, 0.05) is 6.54 Å². The second kappa shape index (κ2) is 3.93. The summed E-state index contributed by atoms with van der Waals surface area (Å²) in [7, 11) is 1.42. The zero-order valence-corrected chi connectivity index (χ0v) is 9.12. The number of rotatable bonds is 1. The molecular weight excluding hydrogens is 190 g/mol. The summed E-state index contributed by atoms with van der Waals surface area (Å²) in [6, 6.07) is 6.26. The number of methoxy groups -OCH3 is 1. The Bertz CT molecular complexity index is 387. The van der Waals surface area contributed by atoms with Crippen molar-refractivity contribution in [2.75, 3.05) is 18.6 Å². The summed E-state index contributed by atoms with van der Waals surface area (Å²) >= 11 is 0. The van der Waals surface area contributed by atoms with Crippen LogP contribution in [0.1, 0.15) is 18.1 Å². The molecular formula is C12H15NO2. The van der Waals surface area contributed by atoms with E-state index in [1.165, 1.54) is 18.2 Å². The molecule has 2 rings (SSSR count). The zero-order valence-electron chi connectivity index (χ0n) is 9.12. The molecule has 0 aliphatic carbocycles. The highest BCUT2D eigenvalue weighted by molar-refractivity contribution is 5.90. The molecule has 1 aliphatic heterocycles. The summed E-state index contributed by atoms with van der Waals surface area (Å²) < 4.78 is 4.73. The molecule has 0 bridgehead atoms. The van der Waals surface area contributed by atoms with Crippen LogP contribution in [0.25, 0.3) is 0 Å². The third-order valence-electron chi connectivity index (χ3n) is 2.84. The Morgan fingerprint density at radius 3 is 3.00 bits per heavy atom. The average Bonchev–Trinajstić information content (AvgIpc) is 2.70. The number of carbonyl (C=O) groups is 1. The second-order valence-electron chi connectivity index (χ2n) is 3.69. The first-order valence-corrected chi connectivity index (χ1v) is 5.23. The molecule has 0 saturated heterocycles. The summed E-state index contributed by atoms with van der Waals surface area (Å²) in [5.74, 6) is 0.